The highest BCUT2D eigenvalue weighted by Crippen LogP contribution is 2.49. The lowest BCUT2D eigenvalue weighted by Gasteiger charge is -2.26. The largest absolute Gasteiger partial charge is 0.462 e. The van der Waals surface area contributed by atoms with E-state index in [2.05, 4.69) is 0 Å². The maximum Gasteiger partial charge on any atom is 0.302 e. The summed E-state index contributed by atoms with van der Waals surface area (Å²) in [5.74, 6) is 0.140. The predicted octanol–water partition coefficient (Wildman–Crippen LogP) is 0.449. The smallest absolute Gasteiger partial charge is 0.302 e. The number of ether oxygens (including phenoxy) is 1. The number of esters is 1. The van der Waals surface area contributed by atoms with Crippen LogP contribution in [0.4, 0.5) is 0 Å². The molecule has 2 aliphatic rings. The molecular weight excluding hydrogens is 182 g/mol. The Hall–Kier alpha value is -1.06. The summed E-state index contributed by atoms with van der Waals surface area (Å²) in [7, 11) is 0. The van der Waals surface area contributed by atoms with Crippen LogP contribution in [0.25, 0.3) is 0 Å². The topological polar surface area (TPSA) is 69.4 Å². The number of hydrogen-bond donors (Lipinski definition) is 1. The Morgan fingerprint density at radius 2 is 2.00 bits per heavy atom. The van der Waals surface area contributed by atoms with Crippen molar-refractivity contribution in [2.75, 3.05) is 0 Å². The minimum absolute atomic E-state index is 0.0660. The summed E-state index contributed by atoms with van der Waals surface area (Å²) in [6, 6.07) is 0. The van der Waals surface area contributed by atoms with Crippen molar-refractivity contribution < 1.29 is 14.3 Å². The van der Waals surface area contributed by atoms with Crippen LogP contribution in [-0.2, 0) is 14.3 Å². The van der Waals surface area contributed by atoms with E-state index in [-0.39, 0.29) is 29.8 Å². The number of rotatable bonds is 2. The fourth-order valence-electron chi connectivity index (χ4n) is 2.96. The molecule has 0 aliphatic heterocycles. The van der Waals surface area contributed by atoms with Crippen LogP contribution in [0.1, 0.15) is 26.2 Å². The molecule has 78 valence electrons. The number of nitrogens with two attached hydrogens (primary N) is 1. The van der Waals surface area contributed by atoms with Gasteiger partial charge in [-0.1, -0.05) is 0 Å². The maximum absolute atomic E-state index is 11.1. The molecule has 2 aliphatic carbocycles. The van der Waals surface area contributed by atoms with Gasteiger partial charge in [0.25, 0.3) is 0 Å². The molecule has 2 bridgehead atoms. The Morgan fingerprint density at radius 3 is 2.50 bits per heavy atom. The second-order valence-corrected chi connectivity index (χ2v) is 4.39. The molecule has 0 aromatic heterocycles. The monoisotopic (exact) mass is 197 g/mol. The zero-order valence-corrected chi connectivity index (χ0v) is 8.23. The van der Waals surface area contributed by atoms with E-state index in [1.54, 1.807) is 0 Å². The predicted molar refractivity (Wildman–Crippen MR) is 49.1 cm³/mol. The summed E-state index contributed by atoms with van der Waals surface area (Å²) in [6.45, 7) is 1.41. The lowest BCUT2D eigenvalue weighted by atomic mass is 9.86. The van der Waals surface area contributed by atoms with Gasteiger partial charge in [0.05, 0.1) is 0 Å². The first-order valence-corrected chi connectivity index (χ1v) is 5.04. The molecule has 4 atom stereocenters. The molecule has 2 fully saturated rings. The average Bonchev–Trinajstić information content (AvgIpc) is 2.60. The summed E-state index contributed by atoms with van der Waals surface area (Å²) in [6.07, 6.45) is 2.72. The molecule has 14 heavy (non-hydrogen) atoms. The third-order valence-corrected chi connectivity index (χ3v) is 3.44. The maximum atomic E-state index is 11.1. The number of carbonyl (C=O) groups is 2. The van der Waals surface area contributed by atoms with Crippen LogP contribution in [0, 0.1) is 17.8 Å². The summed E-state index contributed by atoms with van der Waals surface area (Å²) >= 11 is 0. The molecule has 0 aromatic rings. The van der Waals surface area contributed by atoms with Crippen molar-refractivity contribution in [3.8, 4) is 0 Å². The van der Waals surface area contributed by atoms with E-state index in [9.17, 15) is 9.59 Å². The quantitative estimate of drug-likeness (QED) is 0.653. The van der Waals surface area contributed by atoms with Gasteiger partial charge < -0.3 is 10.5 Å². The summed E-state index contributed by atoms with van der Waals surface area (Å²) < 4.78 is 5.18. The van der Waals surface area contributed by atoms with Crippen molar-refractivity contribution in [3.05, 3.63) is 0 Å². The summed E-state index contributed by atoms with van der Waals surface area (Å²) in [5.41, 5.74) is 5.30. The van der Waals surface area contributed by atoms with Crippen LogP contribution >= 0.6 is 0 Å². The van der Waals surface area contributed by atoms with Crippen LogP contribution in [0.15, 0.2) is 0 Å². The van der Waals surface area contributed by atoms with Gasteiger partial charge in [-0.05, 0) is 25.2 Å². The van der Waals surface area contributed by atoms with E-state index in [1.165, 1.54) is 6.92 Å². The lowest BCUT2D eigenvalue weighted by molar-refractivity contribution is -0.151. The van der Waals surface area contributed by atoms with Gasteiger partial charge in [-0.2, -0.15) is 0 Å². The zero-order chi connectivity index (χ0) is 10.3. The highest BCUT2D eigenvalue weighted by Gasteiger charge is 2.49. The summed E-state index contributed by atoms with van der Waals surface area (Å²) in [4.78, 5) is 21.9. The molecule has 2 N–H and O–H groups in total. The van der Waals surface area contributed by atoms with Gasteiger partial charge in [0, 0.05) is 18.8 Å². The number of hydrogen-bond acceptors (Lipinski definition) is 3. The average molecular weight is 197 g/mol. The van der Waals surface area contributed by atoms with E-state index < -0.39 is 0 Å². The molecule has 2 saturated carbocycles. The molecule has 0 saturated heterocycles. The Labute approximate surface area is 82.8 Å². The van der Waals surface area contributed by atoms with Crippen molar-refractivity contribution in [1.82, 2.24) is 0 Å². The molecule has 0 heterocycles. The van der Waals surface area contributed by atoms with E-state index in [0.29, 0.717) is 5.92 Å². The Bertz CT molecular complexity index is 275. The minimum Gasteiger partial charge on any atom is -0.462 e. The fraction of sp³-hybridized carbons (Fsp3) is 0.800. The molecule has 2 rings (SSSR count). The van der Waals surface area contributed by atoms with Crippen molar-refractivity contribution in [2.45, 2.75) is 32.3 Å². The third kappa shape index (κ3) is 1.49. The van der Waals surface area contributed by atoms with Gasteiger partial charge in [0.2, 0.25) is 5.91 Å². The van der Waals surface area contributed by atoms with Gasteiger partial charge in [0.1, 0.15) is 6.10 Å². The summed E-state index contributed by atoms with van der Waals surface area (Å²) in [5, 5.41) is 0. The lowest BCUT2D eigenvalue weighted by Crippen LogP contribution is -2.36. The fourth-order valence-corrected chi connectivity index (χ4v) is 2.96. The van der Waals surface area contributed by atoms with E-state index in [4.69, 9.17) is 10.5 Å². The molecule has 0 unspecified atom stereocenters. The number of primary amides is 1. The van der Waals surface area contributed by atoms with Crippen LogP contribution in [0.3, 0.4) is 0 Å². The molecule has 4 heteroatoms. The first-order valence-electron chi connectivity index (χ1n) is 5.04. The molecule has 0 spiro atoms. The second kappa shape index (κ2) is 3.26. The number of amides is 1. The van der Waals surface area contributed by atoms with Crippen LogP contribution in [0.5, 0.6) is 0 Å². The van der Waals surface area contributed by atoms with Crippen LogP contribution in [-0.4, -0.2) is 18.0 Å². The van der Waals surface area contributed by atoms with E-state index >= 15 is 0 Å². The first-order chi connectivity index (χ1) is 6.58. The Kier molecular flexibility index (Phi) is 2.21. The van der Waals surface area contributed by atoms with Crippen molar-refractivity contribution in [2.24, 2.45) is 23.5 Å². The van der Waals surface area contributed by atoms with Crippen molar-refractivity contribution in [3.63, 3.8) is 0 Å². The Balaban J connectivity index is 2.04. The third-order valence-electron chi connectivity index (χ3n) is 3.44. The molecule has 1 amide bonds. The van der Waals surface area contributed by atoms with Gasteiger partial charge >= 0.3 is 5.97 Å². The number of carbonyl (C=O) groups excluding carboxylic acids is 2. The minimum atomic E-state index is -0.259. The highest BCUT2D eigenvalue weighted by molar-refractivity contribution is 5.77. The standard InChI is InChI=1S/C10H15NO3/c1-5(12)14-9-4-6-2-7(9)8(3-6)10(11)13/h6-9H,2-4H2,1H3,(H2,11,13)/t6-,7+,8-,9-/m1/s1. The normalized spacial score (nSPS) is 39.8. The van der Waals surface area contributed by atoms with Crippen LogP contribution in [0.2, 0.25) is 0 Å². The molecular formula is C10H15NO3. The van der Waals surface area contributed by atoms with E-state index in [1.807, 2.05) is 0 Å². The van der Waals surface area contributed by atoms with E-state index in [0.717, 1.165) is 19.3 Å². The zero-order valence-electron chi connectivity index (χ0n) is 8.23. The number of fused-ring (bicyclic) bond motifs is 2. The SMILES string of the molecule is CC(=O)O[C@@H]1C[C@@H]2C[C@H]1[C@H](C(N)=O)C2. The van der Waals surface area contributed by atoms with Gasteiger partial charge in [-0.25, -0.2) is 0 Å². The van der Waals surface area contributed by atoms with Gasteiger partial charge in [-0.3, -0.25) is 9.59 Å². The van der Waals surface area contributed by atoms with Crippen LogP contribution < -0.4 is 5.73 Å². The van der Waals surface area contributed by atoms with Crippen molar-refractivity contribution >= 4 is 11.9 Å². The van der Waals surface area contributed by atoms with Crippen molar-refractivity contribution in [1.29, 1.82) is 0 Å². The Morgan fingerprint density at radius 1 is 1.29 bits per heavy atom. The highest BCUT2D eigenvalue weighted by atomic mass is 16.5. The van der Waals surface area contributed by atoms with Gasteiger partial charge in [0.15, 0.2) is 0 Å². The molecule has 0 radical (unpaired) electrons. The molecule has 4 nitrogen and oxygen atoms in total. The second-order valence-electron chi connectivity index (χ2n) is 4.39. The van der Waals surface area contributed by atoms with Gasteiger partial charge in [-0.15, -0.1) is 0 Å². The molecule has 0 aromatic carbocycles. The first kappa shape index (κ1) is 9.49.